The van der Waals surface area contributed by atoms with Crippen molar-refractivity contribution in [3.8, 4) is 0 Å². The minimum absolute atomic E-state index is 0.0484. The standard InChI is InChI=1S/C22H29N5O/c1-2-15-6-8-16(9-7-15)11-26-12-17-10-20-24-25-21(27(20)14-18(17)13-26)22(28)23-19-4-3-5-19/h6-9,17-19H,2-5,10-14H2,1H3,(H,23,28)/t17-,18-/m0/s1. The first-order chi connectivity index (χ1) is 13.7. The third-order valence-electron chi connectivity index (χ3n) is 6.82. The fraction of sp³-hybridized carbons (Fsp3) is 0.591. The minimum Gasteiger partial charge on any atom is -0.347 e. The maximum Gasteiger partial charge on any atom is 0.289 e. The summed E-state index contributed by atoms with van der Waals surface area (Å²) < 4.78 is 2.08. The maximum absolute atomic E-state index is 12.6. The summed E-state index contributed by atoms with van der Waals surface area (Å²) in [5.74, 6) is 2.64. The molecule has 3 aliphatic rings. The Balaban J connectivity index is 1.24. The number of fused-ring (bicyclic) bond motifs is 2. The molecule has 1 saturated carbocycles. The molecule has 0 spiro atoms. The van der Waals surface area contributed by atoms with Gasteiger partial charge in [0, 0.05) is 38.6 Å². The molecule has 1 N–H and O–H groups in total. The van der Waals surface area contributed by atoms with Gasteiger partial charge in [0.2, 0.25) is 5.82 Å². The van der Waals surface area contributed by atoms with Crippen molar-refractivity contribution in [2.24, 2.45) is 11.8 Å². The molecule has 2 aliphatic heterocycles. The molecule has 1 saturated heterocycles. The summed E-state index contributed by atoms with van der Waals surface area (Å²) in [6.45, 7) is 6.26. The highest BCUT2D eigenvalue weighted by atomic mass is 16.2. The third-order valence-corrected chi connectivity index (χ3v) is 6.82. The molecule has 2 fully saturated rings. The maximum atomic E-state index is 12.6. The molecule has 0 bridgehead atoms. The van der Waals surface area contributed by atoms with Gasteiger partial charge < -0.3 is 9.88 Å². The van der Waals surface area contributed by atoms with Crippen molar-refractivity contribution < 1.29 is 4.79 Å². The van der Waals surface area contributed by atoms with Gasteiger partial charge in [0.05, 0.1) is 0 Å². The zero-order chi connectivity index (χ0) is 19.1. The Kier molecular flexibility index (Phi) is 4.67. The number of rotatable bonds is 5. The molecule has 0 unspecified atom stereocenters. The number of nitrogens with one attached hydrogen (secondary N) is 1. The first-order valence-corrected chi connectivity index (χ1v) is 10.7. The van der Waals surface area contributed by atoms with Crippen LogP contribution in [0.1, 0.15) is 53.8 Å². The molecule has 1 aromatic carbocycles. The molecule has 2 aromatic rings. The zero-order valence-electron chi connectivity index (χ0n) is 16.6. The number of hydrogen-bond donors (Lipinski definition) is 1. The number of carbonyl (C=O) groups excluding carboxylic acids is 1. The molecule has 3 heterocycles. The van der Waals surface area contributed by atoms with E-state index in [9.17, 15) is 4.79 Å². The van der Waals surface area contributed by atoms with Crippen LogP contribution in [0.15, 0.2) is 24.3 Å². The second-order valence-corrected chi connectivity index (χ2v) is 8.74. The van der Waals surface area contributed by atoms with E-state index in [1.54, 1.807) is 0 Å². The Morgan fingerprint density at radius 3 is 2.54 bits per heavy atom. The van der Waals surface area contributed by atoms with Crippen LogP contribution in [0, 0.1) is 11.8 Å². The van der Waals surface area contributed by atoms with E-state index in [-0.39, 0.29) is 5.91 Å². The van der Waals surface area contributed by atoms with Crippen LogP contribution in [0.2, 0.25) is 0 Å². The fourth-order valence-corrected chi connectivity index (χ4v) is 4.86. The number of likely N-dealkylation sites (tertiary alicyclic amines) is 1. The Hall–Kier alpha value is -2.21. The molecule has 2 atom stereocenters. The second-order valence-electron chi connectivity index (χ2n) is 8.74. The summed E-state index contributed by atoms with van der Waals surface area (Å²) in [4.78, 5) is 15.1. The van der Waals surface area contributed by atoms with Crippen LogP contribution < -0.4 is 5.32 Å². The van der Waals surface area contributed by atoms with Gasteiger partial charge in [-0.3, -0.25) is 9.69 Å². The van der Waals surface area contributed by atoms with E-state index in [0.29, 0.717) is 23.7 Å². The highest BCUT2D eigenvalue weighted by Gasteiger charge is 2.39. The average molecular weight is 380 g/mol. The van der Waals surface area contributed by atoms with E-state index in [1.807, 2.05) is 0 Å². The summed E-state index contributed by atoms with van der Waals surface area (Å²) in [6, 6.07) is 9.34. The van der Waals surface area contributed by atoms with Crippen molar-refractivity contribution in [1.82, 2.24) is 25.0 Å². The van der Waals surface area contributed by atoms with Crippen LogP contribution in [0.4, 0.5) is 0 Å². The Bertz CT molecular complexity index is 854. The zero-order valence-corrected chi connectivity index (χ0v) is 16.6. The molecular weight excluding hydrogens is 350 g/mol. The minimum atomic E-state index is -0.0484. The lowest BCUT2D eigenvalue weighted by Gasteiger charge is -2.28. The van der Waals surface area contributed by atoms with Gasteiger partial charge in [-0.25, -0.2) is 0 Å². The third kappa shape index (κ3) is 3.34. The van der Waals surface area contributed by atoms with Crippen molar-refractivity contribution in [3.05, 3.63) is 47.0 Å². The largest absolute Gasteiger partial charge is 0.347 e. The van der Waals surface area contributed by atoms with Crippen LogP contribution in [-0.2, 0) is 25.9 Å². The van der Waals surface area contributed by atoms with Crippen molar-refractivity contribution in [1.29, 1.82) is 0 Å². The summed E-state index contributed by atoms with van der Waals surface area (Å²) in [6.07, 6.45) is 5.41. The molecule has 1 amide bonds. The van der Waals surface area contributed by atoms with Gasteiger partial charge in [0.15, 0.2) is 0 Å². The lowest BCUT2D eigenvalue weighted by atomic mass is 9.89. The number of aryl methyl sites for hydroxylation is 1. The van der Waals surface area contributed by atoms with E-state index in [4.69, 9.17) is 0 Å². The van der Waals surface area contributed by atoms with Crippen LogP contribution >= 0.6 is 0 Å². The second kappa shape index (κ2) is 7.32. The Labute approximate surface area is 166 Å². The van der Waals surface area contributed by atoms with E-state index in [0.717, 1.165) is 57.7 Å². The van der Waals surface area contributed by atoms with Gasteiger partial charge in [-0.05, 0) is 48.6 Å². The summed E-state index contributed by atoms with van der Waals surface area (Å²) in [7, 11) is 0. The molecule has 28 heavy (non-hydrogen) atoms. The predicted molar refractivity (Wildman–Crippen MR) is 107 cm³/mol. The molecule has 6 nitrogen and oxygen atoms in total. The average Bonchev–Trinajstić information content (AvgIpc) is 3.25. The molecule has 1 aromatic heterocycles. The highest BCUT2D eigenvalue weighted by Crippen LogP contribution is 2.33. The van der Waals surface area contributed by atoms with Gasteiger partial charge in [0.1, 0.15) is 5.82 Å². The smallest absolute Gasteiger partial charge is 0.289 e. The summed E-state index contributed by atoms with van der Waals surface area (Å²) in [5.41, 5.74) is 2.78. The van der Waals surface area contributed by atoms with Gasteiger partial charge in [-0.15, -0.1) is 10.2 Å². The van der Waals surface area contributed by atoms with E-state index < -0.39 is 0 Å². The summed E-state index contributed by atoms with van der Waals surface area (Å²) in [5, 5.41) is 11.7. The molecule has 6 heteroatoms. The topological polar surface area (TPSA) is 63.1 Å². The quantitative estimate of drug-likeness (QED) is 0.867. The van der Waals surface area contributed by atoms with Crippen molar-refractivity contribution >= 4 is 5.91 Å². The number of carbonyl (C=O) groups is 1. The van der Waals surface area contributed by atoms with Crippen molar-refractivity contribution in [3.63, 3.8) is 0 Å². The number of aromatic nitrogens is 3. The van der Waals surface area contributed by atoms with E-state index in [2.05, 4.69) is 56.2 Å². The summed E-state index contributed by atoms with van der Waals surface area (Å²) >= 11 is 0. The fourth-order valence-electron chi connectivity index (χ4n) is 4.86. The normalized spacial score (nSPS) is 24.5. The van der Waals surface area contributed by atoms with Crippen molar-refractivity contribution in [2.45, 2.75) is 58.2 Å². The van der Waals surface area contributed by atoms with Crippen LogP contribution in [-0.4, -0.2) is 44.7 Å². The molecule has 148 valence electrons. The molecule has 1 aliphatic carbocycles. The van der Waals surface area contributed by atoms with Crippen LogP contribution in [0.3, 0.4) is 0 Å². The SMILES string of the molecule is CCc1ccc(CN2C[C@@H]3Cc4nnc(C(=O)NC5CCC5)n4C[C@@H]3C2)cc1. The van der Waals surface area contributed by atoms with E-state index >= 15 is 0 Å². The van der Waals surface area contributed by atoms with Gasteiger partial charge in [-0.1, -0.05) is 31.2 Å². The van der Waals surface area contributed by atoms with Crippen LogP contribution in [0.25, 0.3) is 0 Å². The first-order valence-electron chi connectivity index (χ1n) is 10.7. The number of hydrogen-bond acceptors (Lipinski definition) is 4. The van der Waals surface area contributed by atoms with Gasteiger partial charge in [0.25, 0.3) is 5.91 Å². The predicted octanol–water partition coefficient (Wildman–Crippen LogP) is 2.43. The Morgan fingerprint density at radius 2 is 1.82 bits per heavy atom. The number of benzene rings is 1. The lowest BCUT2D eigenvalue weighted by Crippen LogP contribution is -2.41. The monoisotopic (exact) mass is 379 g/mol. The molecule has 5 rings (SSSR count). The lowest BCUT2D eigenvalue weighted by molar-refractivity contribution is 0.0898. The van der Waals surface area contributed by atoms with E-state index in [1.165, 1.54) is 17.5 Å². The molecule has 0 radical (unpaired) electrons. The highest BCUT2D eigenvalue weighted by molar-refractivity contribution is 5.91. The Morgan fingerprint density at radius 1 is 1.07 bits per heavy atom. The first kappa shape index (κ1) is 17.9. The number of amides is 1. The van der Waals surface area contributed by atoms with Crippen molar-refractivity contribution in [2.75, 3.05) is 13.1 Å². The molecular formula is C22H29N5O. The number of nitrogens with zero attached hydrogens (tertiary/aromatic N) is 4. The van der Waals surface area contributed by atoms with Crippen LogP contribution in [0.5, 0.6) is 0 Å². The van der Waals surface area contributed by atoms with Gasteiger partial charge in [-0.2, -0.15) is 0 Å². The van der Waals surface area contributed by atoms with Gasteiger partial charge >= 0.3 is 0 Å².